The second kappa shape index (κ2) is 7.25. The van der Waals surface area contributed by atoms with Crippen LogP contribution in [0.3, 0.4) is 0 Å². The van der Waals surface area contributed by atoms with E-state index in [9.17, 15) is 4.79 Å². The molecule has 1 aliphatic heterocycles. The summed E-state index contributed by atoms with van der Waals surface area (Å²) in [6.45, 7) is 1.79. The van der Waals surface area contributed by atoms with Crippen LogP contribution in [0.2, 0.25) is 5.02 Å². The molecule has 2 aromatic rings. The van der Waals surface area contributed by atoms with E-state index in [0.29, 0.717) is 6.42 Å². The smallest absolute Gasteiger partial charge is 0.228 e. The Morgan fingerprint density at radius 2 is 1.82 bits per heavy atom. The van der Waals surface area contributed by atoms with Crippen LogP contribution in [0.25, 0.3) is 10.6 Å². The molecule has 2 heterocycles. The van der Waals surface area contributed by atoms with E-state index in [1.165, 1.54) is 12.8 Å². The van der Waals surface area contributed by atoms with Gasteiger partial charge in [-0.3, -0.25) is 4.79 Å². The van der Waals surface area contributed by atoms with Gasteiger partial charge in [0.25, 0.3) is 0 Å². The highest BCUT2D eigenvalue weighted by Crippen LogP contribution is 2.25. The van der Waals surface area contributed by atoms with Crippen molar-refractivity contribution in [1.82, 2.24) is 9.88 Å². The number of likely N-dealkylation sites (tertiary alicyclic amines) is 1. The fourth-order valence-corrected chi connectivity index (χ4v) is 3.65. The van der Waals surface area contributed by atoms with E-state index in [4.69, 9.17) is 11.6 Å². The van der Waals surface area contributed by atoms with Crippen molar-refractivity contribution in [3.63, 3.8) is 0 Å². The van der Waals surface area contributed by atoms with Gasteiger partial charge in [0.15, 0.2) is 0 Å². The molecule has 1 saturated heterocycles. The third-order valence-corrected chi connectivity index (χ3v) is 5.13. The summed E-state index contributed by atoms with van der Waals surface area (Å²) >= 11 is 7.48. The molecule has 1 aromatic heterocycles. The first-order chi connectivity index (χ1) is 10.7. The lowest BCUT2D eigenvalue weighted by Crippen LogP contribution is -2.33. The lowest BCUT2D eigenvalue weighted by Gasteiger charge is -2.19. The molecule has 1 aliphatic rings. The lowest BCUT2D eigenvalue weighted by atomic mass is 10.2. The van der Waals surface area contributed by atoms with Gasteiger partial charge in [-0.15, -0.1) is 11.3 Å². The monoisotopic (exact) mass is 334 g/mol. The zero-order chi connectivity index (χ0) is 15.4. The molecule has 1 amide bonds. The van der Waals surface area contributed by atoms with Gasteiger partial charge in [0.05, 0.1) is 12.1 Å². The number of rotatable bonds is 3. The Hall–Kier alpha value is -1.39. The quantitative estimate of drug-likeness (QED) is 0.833. The average Bonchev–Trinajstić information content (AvgIpc) is 2.81. The number of aromatic nitrogens is 1. The molecule has 0 aliphatic carbocycles. The summed E-state index contributed by atoms with van der Waals surface area (Å²) in [5.74, 6) is 0.204. The van der Waals surface area contributed by atoms with Crippen LogP contribution in [0.4, 0.5) is 0 Å². The maximum Gasteiger partial charge on any atom is 0.228 e. The van der Waals surface area contributed by atoms with Crippen LogP contribution >= 0.6 is 22.9 Å². The van der Waals surface area contributed by atoms with Gasteiger partial charge in [-0.25, -0.2) is 4.98 Å². The van der Waals surface area contributed by atoms with Gasteiger partial charge in [-0.1, -0.05) is 36.6 Å². The van der Waals surface area contributed by atoms with Crippen molar-refractivity contribution >= 4 is 28.8 Å². The van der Waals surface area contributed by atoms with Crippen LogP contribution < -0.4 is 0 Å². The molecule has 116 valence electrons. The van der Waals surface area contributed by atoms with Gasteiger partial charge < -0.3 is 4.90 Å². The second-order valence-corrected chi connectivity index (χ2v) is 6.92. The molecule has 0 atom stereocenters. The third-order valence-electron chi connectivity index (χ3n) is 3.93. The summed E-state index contributed by atoms with van der Waals surface area (Å²) in [4.78, 5) is 19.0. The summed E-state index contributed by atoms with van der Waals surface area (Å²) in [5, 5.41) is 3.65. The summed E-state index contributed by atoms with van der Waals surface area (Å²) in [7, 11) is 0. The van der Waals surface area contributed by atoms with Crippen LogP contribution in [0.15, 0.2) is 29.6 Å². The van der Waals surface area contributed by atoms with Crippen LogP contribution in [-0.4, -0.2) is 28.9 Å². The predicted molar refractivity (Wildman–Crippen MR) is 91.3 cm³/mol. The van der Waals surface area contributed by atoms with Gasteiger partial charge in [0, 0.05) is 29.1 Å². The van der Waals surface area contributed by atoms with Crippen molar-refractivity contribution in [3.8, 4) is 10.6 Å². The molecule has 0 bridgehead atoms. The number of hydrogen-bond acceptors (Lipinski definition) is 3. The predicted octanol–water partition coefficient (Wildman–Crippen LogP) is 4.41. The van der Waals surface area contributed by atoms with Gasteiger partial charge in [-0.2, -0.15) is 0 Å². The molecule has 0 saturated carbocycles. The standard InChI is InChI=1S/C17H19ClN2OS/c18-14-7-5-13(6-8-14)17-19-15(12-22-17)11-16(21)20-9-3-1-2-4-10-20/h5-8,12H,1-4,9-11H2. The highest BCUT2D eigenvalue weighted by Gasteiger charge is 2.17. The third kappa shape index (κ3) is 3.87. The minimum absolute atomic E-state index is 0.204. The summed E-state index contributed by atoms with van der Waals surface area (Å²) in [6, 6.07) is 7.64. The van der Waals surface area contributed by atoms with Gasteiger partial charge in [-0.05, 0) is 25.0 Å². The first kappa shape index (κ1) is 15.5. The van der Waals surface area contributed by atoms with Crippen molar-refractivity contribution < 1.29 is 4.79 Å². The Labute approximate surface area is 139 Å². The highest BCUT2D eigenvalue weighted by atomic mass is 35.5. The number of thiazole rings is 1. The molecule has 3 nitrogen and oxygen atoms in total. The van der Waals surface area contributed by atoms with E-state index in [1.807, 2.05) is 34.5 Å². The van der Waals surface area contributed by atoms with Crippen molar-refractivity contribution in [2.45, 2.75) is 32.1 Å². The first-order valence-corrected chi connectivity index (χ1v) is 8.96. The topological polar surface area (TPSA) is 33.2 Å². The molecule has 0 spiro atoms. The van der Waals surface area contributed by atoms with E-state index in [2.05, 4.69) is 4.98 Å². The number of carbonyl (C=O) groups excluding carboxylic acids is 1. The number of carbonyl (C=O) groups is 1. The number of amides is 1. The molecule has 0 radical (unpaired) electrons. The van der Waals surface area contributed by atoms with Crippen molar-refractivity contribution in [3.05, 3.63) is 40.4 Å². The Kier molecular flexibility index (Phi) is 5.11. The zero-order valence-electron chi connectivity index (χ0n) is 12.4. The first-order valence-electron chi connectivity index (χ1n) is 7.70. The SMILES string of the molecule is O=C(Cc1csc(-c2ccc(Cl)cc2)n1)N1CCCCCC1. The number of hydrogen-bond donors (Lipinski definition) is 0. The molecular formula is C17H19ClN2OS. The van der Waals surface area contributed by atoms with Gasteiger partial charge in [0.2, 0.25) is 5.91 Å². The number of nitrogens with zero attached hydrogens (tertiary/aromatic N) is 2. The van der Waals surface area contributed by atoms with Crippen LogP contribution in [-0.2, 0) is 11.2 Å². The van der Waals surface area contributed by atoms with Gasteiger partial charge >= 0.3 is 0 Å². The normalized spacial score (nSPS) is 15.6. The van der Waals surface area contributed by atoms with Crippen molar-refractivity contribution in [1.29, 1.82) is 0 Å². The summed E-state index contributed by atoms with van der Waals surface area (Å²) in [5.41, 5.74) is 1.91. The Morgan fingerprint density at radius 3 is 2.50 bits per heavy atom. The number of benzene rings is 1. The minimum atomic E-state index is 0.204. The lowest BCUT2D eigenvalue weighted by molar-refractivity contribution is -0.130. The minimum Gasteiger partial charge on any atom is -0.342 e. The zero-order valence-corrected chi connectivity index (χ0v) is 14.0. The van der Waals surface area contributed by atoms with Crippen LogP contribution in [0.1, 0.15) is 31.4 Å². The van der Waals surface area contributed by atoms with Crippen LogP contribution in [0.5, 0.6) is 0 Å². The molecule has 0 N–H and O–H groups in total. The Balaban J connectivity index is 1.66. The van der Waals surface area contributed by atoms with Crippen molar-refractivity contribution in [2.75, 3.05) is 13.1 Å². The Bertz CT molecular complexity index is 630. The molecule has 22 heavy (non-hydrogen) atoms. The second-order valence-electron chi connectivity index (χ2n) is 5.62. The molecule has 1 fully saturated rings. The molecule has 1 aromatic carbocycles. The van der Waals surface area contributed by atoms with E-state index in [1.54, 1.807) is 11.3 Å². The van der Waals surface area contributed by atoms with E-state index < -0.39 is 0 Å². The summed E-state index contributed by atoms with van der Waals surface area (Å²) < 4.78 is 0. The maximum absolute atomic E-state index is 12.4. The molecular weight excluding hydrogens is 316 g/mol. The van der Waals surface area contributed by atoms with E-state index in [0.717, 1.165) is 47.2 Å². The molecule has 5 heteroatoms. The summed E-state index contributed by atoms with van der Waals surface area (Å²) in [6.07, 6.45) is 5.13. The van der Waals surface area contributed by atoms with Gasteiger partial charge in [0.1, 0.15) is 5.01 Å². The number of halogens is 1. The fraction of sp³-hybridized carbons (Fsp3) is 0.412. The van der Waals surface area contributed by atoms with E-state index >= 15 is 0 Å². The highest BCUT2D eigenvalue weighted by molar-refractivity contribution is 7.13. The Morgan fingerprint density at radius 1 is 1.14 bits per heavy atom. The largest absolute Gasteiger partial charge is 0.342 e. The molecule has 3 rings (SSSR count). The van der Waals surface area contributed by atoms with Crippen molar-refractivity contribution in [2.24, 2.45) is 0 Å². The average molecular weight is 335 g/mol. The molecule has 0 unspecified atom stereocenters. The fourth-order valence-electron chi connectivity index (χ4n) is 2.70. The van der Waals surface area contributed by atoms with E-state index in [-0.39, 0.29) is 5.91 Å². The van der Waals surface area contributed by atoms with Crippen LogP contribution in [0, 0.1) is 0 Å². The maximum atomic E-state index is 12.4.